The van der Waals surface area contributed by atoms with E-state index in [0.717, 1.165) is 41.6 Å². The molecule has 0 unspecified atom stereocenters. The fraction of sp³-hybridized carbons (Fsp3) is 0.625. The summed E-state index contributed by atoms with van der Waals surface area (Å²) in [5.74, 6) is 2.60. The Morgan fingerprint density at radius 3 is 2.80 bits per heavy atom. The number of alkyl halides is 1. The molecule has 1 aliphatic carbocycles. The number of pyridine rings is 1. The molecule has 0 radical (unpaired) electrons. The van der Waals surface area contributed by atoms with Gasteiger partial charge >= 0.3 is 0 Å². The van der Waals surface area contributed by atoms with Gasteiger partial charge in [-0.05, 0) is 31.4 Å². The largest absolute Gasteiger partial charge is 0.313 e. The molecule has 20 heavy (non-hydrogen) atoms. The van der Waals surface area contributed by atoms with Crippen molar-refractivity contribution in [2.24, 2.45) is 5.92 Å². The first-order valence-corrected chi connectivity index (χ1v) is 8.20. The van der Waals surface area contributed by atoms with Gasteiger partial charge in [0.2, 0.25) is 0 Å². The molecule has 3 nitrogen and oxygen atoms in total. The number of imidazole rings is 1. The quantitative estimate of drug-likeness (QED) is 0.777. The van der Waals surface area contributed by atoms with Gasteiger partial charge in [0.25, 0.3) is 0 Å². The number of aromatic nitrogens is 3. The number of nitrogens with zero attached hydrogens (tertiary/aromatic N) is 3. The molecule has 2 heterocycles. The van der Waals surface area contributed by atoms with Crippen LogP contribution in [0.1, 0.15) is 43.6 Å². The molecule has 0 atom stereocenters. The highest BCUT2D eigenvalue weighted by Crippen LogP contribution is 2.28. The van der Waals surface area contributed by atoms with E-state index >= 15 is 0 Å². The van der Waals surface area contributed by atoms with E-state index < -0.39 is 0 Å². The first kappa shape index (κ1) is 13.9. The van der Waals surface area contributed by atoms with Crippen molar-refractivity contribution < 1.29 is 0 Å². The van der Waals surface area contributed by atoms with Gasteiger partial charge in [0.15, 0.2) is 5.65 Å². The molecular weight excluding hydrogens is 270 g/mol. The van der Waals surface area contributed by atoms with E-state index in [1.54, 1.807) is 0 Å². The number of hydrogen-bond acceptors (Lipinski definition) is 2. The van der Waals surface area contributed by atoms with Crippen molar-refractivity contribution in [2.75, 3.05) is 5.88 Å². The average molecular weight is 292 g/mol. The number of rotatable bonds is 5. The molecule has 0 aliphatic heterocycles. The predicted molar refractivity (Wildman–Crippen MR) is 83.3 cm³/mol. The highest BCUT2D eigenvalue weighted by Gasteiger charge is 2.17. The van der Waals surface area contributed by atoms with Gasteiger partial charge in [-0.2, -0.15) is 0 Å². The Labute approximate surface area is 125 Å². The predicted octanol–water partition coefficient (Wildman–Crippen LogP) is 4.10. The highest BCUT2D eigenvalue weighted by atomic mass is 35.5. The Bertz CT molecular complexity index is 585. The zero-order valence-corrected chi connectivity index (χ0v) is 12.9. The smallest absolute Gasteiger partial charge is 0.160 e. The molecule has 2 aromatic rings. The van der Waals surface area contributed by atoms with Crippen LogP contribution < -0.4 is 0 Å². The summed E-state index contributed by atoms with van der Waals surface area (Å²) in [4.78, 5) is 9.39. The molecule has 0 N–H and O–H groups in total. The van der Waals surface area contributed by atoms with E-state index in [-0.39, 0.29) is 0 Å². The normalized spacial score (nSPS) is 16.3. The number of fused-ring (bicyclic) bond motifs is 1. The van der Waals surface area contributed by atoms with Gasteiger partial charge < -0.3 is 4.57 Å². The van der Waals surface area contributed by atoms with Crippen LogP contribution in [-0.2, 0) is 13.0 Å². The molecule has 3 rings (SSSR count). The molecular formula is C16H22ClN3. The summed E-state index contributed by atoms with van der Waals surface area (Å²) < 4.78 is 2.29. The summed E-state index contributed by atoms with van der Waals surface area (Å²) in [5.41, 5.74) is 3.09. The summed E-state index contributed by atoms with van der Waals surface area (Å²) in [6, 6.07) is 4.10. The van der Waals surface area contributed by atoms with Gasteiger partial charge in [-0.3, -0.25) is 0 Å². The maximum absolute atomic E-state index is 5.92. The number of aryl methyl sites for hydroxylation is 3. The summed E-state index contributed by atoms with van der Waals surface area (Å²) in [6.45, 7) is 3.07. The first-order chi connectivity index (χ1) is 9.78. The highest BCUT2D eigenvalue weighted by molar-refractivity contribution is 6.17. The summed E-state index contributed by atoms with van der Waals surface area (Å²) in [6.07, 6.45) is 7.66. The summed E-state index contributed by atoms with van der Waals surface area (Å²) in [5, 5.41) is 0. The second kappa shape index (κ2) is 6.13. The van der Waals surface area contributed by atoms with Crippen LogP contribution in [0.4, 0.5) is 0 Å². The van der Waals surface area contributed by atoms with Crippen molar-refractivity contribution in [3.63, 3.8) is 0 Å². The molecule has 0 amide bonds. The molecule has 0 spiro atoms. The SMILES string of the molecule is Cc1ccc2nc(CCCl)n(CCC3CCCC3)c2n1. The lowest BCUT2D eigenvalue weighted by Crippen LogP contribution is -2.09. The van der Waals surface area contributed by atoms with Crippen molar-refractivity contribution in [1.29, 1.82) is 0 Å². The second-order valence-electron chi connectivity index (χ2n) is 5.85. The maximum atomic E-state index is 5.92. The van der Waals surface area contributed by atoms with Gasteiger partial charge in [-0.1, -0.05) is 25.7 Å². The number of halogens is 1. The third-order valence-corrected chi connectivity index (χ3v) is 4.55. The lowest BCUT2D eigenvalue weighted by molar-refractivity contribution is 0.456. The fourth-order valence-electron chi connectivity index (χ4n) is 3.26. The van der Waals surface area contributed by atoms with Crippen molar-refractivity contribution in [3.8, 4) is 0 Å². The van der Waals surface area contributed by atoms with E-state index in [2.05, 4.69) is 15.6 Å². The van der Waals surface area contributed by atoms with Crippen LogP contribution in [0, 0.1) is 12.8 Å². The first-order valence-electron chi connectivity index (χ1n) is 7.66. The van der Waals surface area contributed by atoms with E-state index in [4.69, 9.17) is 16.6 Å². The van der Waals surface area contributed by atoms with Gasteiger partial charge in [0.1, 0.15) is 11.3 Å². The Morgan fingerprint density at radius 1 is 1.25 bits per heavy atom. The average Bonchev–Trinajstić information content (AvgIpc) is 3.04. The molecule has 0 saturated heterocycles. The Morgan fingerprint density at radius 2 is 2.05 bits per heavy atom. The molecule has 1 saturated carbocycles. The second-order valence-corrected chi connectivity index (χ2v) is 6.23. The van der Waals surface area contributed by atoms with E-state index in [9.17, 15) is 0 Å². The van der Waals surface area contributed by atoms with Crippen molar-refractivity contribution >= 4 is 22.8 Å². The molecule has 1 fully saturated rings. The zero-order valence-electron chi connectivity index (χ0n) is 12.1. The van der Waals surface area contributed by atoms with Crippen LogP contribution in [0.15, 0.2) is 12.1 Å². The van der Waals surface area contributed by atoms with Crippen molar-refractivity contribution in [1.82, 2.24) is 14.5 Å². The Kier molecular flexibility index (Phi) is 4.25. The minimum absolute atomic E-state index is 0.617. The summed E-state index contributed by atoms with van der Waals surface area (Å²) >= 11 is 5.92. The van der Waals surface area contributed by atoms with Crippen LogP contribution in [0.3, 0.4) is 0 Å². The minimum atomic E-state index is 0.617. The Hall–Kier alpha value is -1.09. The standard InChI is InChI=1S/C16H22ClN3/c1-12-6-7-14-16(18-12)20(15(19-14)8-10-17)11-9-13-4-2-3-5-13/h6-7,13H,2-5,8-11H2,1H3. The molecule has 1 aliphatic rings. The third-order valence-electron chi connectivity index (χ3n) is 4.36. The van der Waals surface area contributed by atoms with E-state index in [1.165, 1.54) is 32.1 Å². The zero-order chi connectivity index (χ0) is 13.9. The van der Waals surface area contributed by atoms with Crippen LogP contribution >= 0.6 is 11.6 Å². The summed E-state index contributed by atoms with van der Waals surface area (Å²) in [7, 11) is 0. The van der Waals surface area contributed by atoms with Crippen LogP contribution in [0.2, 0.25) is 0 Å². The lowest BCUT2D eigenvalue weighted by Gasteiger charge is -2.12. The molecule has 108 valence electrons. The van der Waals surface area contributed by atoms with Crippen molar-refractivity contribution in [3.05, 3.63) is 23.7 Å². The topological polar surface area (TPSA) is 30.7 Å². The monoisotopic (exact) mass is 291 g/mol. The molecule has 2 aromatic heterocycles. The van der Waals surface area contributed by atoms with E-state index in [1.807, 2.05) is 13.0 Å². The minimum Gasteiger partial charge on any atom is -0.313 e. The van der Waals surface area contributed by atoms with Crippen LogP contribution in [-0.4, -0.2) is 20.4 Å². The van der Waals surface area contributed by atoms with Crippen LogP contribution in [0.25, 0.3) is 11.2 Å². The third kappa shape index (κ3) is 2.83. The molecule has 0 bridgehead atoms. The van der Waals surface area contributed by atoms with Crippen LogP contribution in [0.5, 0.6) is 0 Å². The van der Waals surface area contributed by atoms with Gasteiger partial charge in [0.05, 0.1) is 0 Å². The van der Waals surface area contributed by atoms with E-state index in [0.29, 0.717) is 5.88 Å². The number of hydrogen-bond donors (Lipinski definition) is 0. The van der Waals surface area contributed by atoms with Gasteiger partial charge in [-0.25, -0.2) is 9.97 Å². The fourth-order valence-corrected chi connectivity index (χ4v) is 3.43. The Balaban J connectivity index is 1.88. The van der Waals surface area contributed by atoms with Gasteiger partial charge in [-0.15, -0.1) is 11.6 Å². The van der Waals surface area contributed by atoms with Crippen molar-refractivity contribution in [2.45, 2.75) is 52.0 Å². The molecule has 4 heteroatoms. The molecule has 0 aromatic carbocycles. The van der Waals surface area contributed by atoms with Gasteiger partial charge in [0, 0.05) is 24.5 Å². The lowest BCUT2D eigenvalue weighted by atomic mass is 10.0. The maximum Gasteiger partial charge on any atom is 0.160 e.